The minimum absolute atomic E-state index is 0.0458. The summed E-state index contributed by atoms with van der Waals surface area (Å²) >= 11 is 7.34. The zero-order valence-electron chi connectivity index (χ0n) is 9.61. The Morgan fingerprint density at radius 2 is 1.94 bits per heavy atom. The van der Waals surface area contributed by atoms with Crippen LogP contribution in [-0.2, 0) is 4.79 Å². The molecule has 1 fully saturated rings. The number of rotatable bonds is 2. The molecule has 18 heavy (non-hydrogen) atoms. The van der Waals surface area contributed by atoms with Gasteiger partial charge >= 0.3 is 0 Å². The number of carbonyl (C=O) groups excluding carboxylic acids is 2. The second-order valence-electron chi connectivity index (χ2n) is 3.95. The van der Waals surface area contributed by atoms with Crippen molar-refractivity contribution in [2.24, 2.45) is 0 Å². The Hall–Kier alpha value is -1.20. The molecular formula is C12H13ClN2O2S. The van der Waals surface area contributed by atoms with Crippen molar-refractivity contribution in [3.8, 4) is 0 Å². The molecule has 0 aromatic heterocycles. The van der Waals surface area contributed by atoms with Gasteiger partial charge in [0.2, 0.25) is 0 Å². The fourth-order valence-electron chi connectivity index (χ4n) is 1.66. The SMILES string of the molecule is O=C(NNC(=O)C1CCCS1)c1ccc(Cl)cc1. The Kier molecular flexibility index (Phi) is 4.49. The molecule has 2 amide bonds. The molecule has 1 aliphatic rings. The number of hydrazine groups is 1. The average Bonchev–Trinajstić information content (AvgIpc) is 2.90. The lowest BCUT2D eigenvalue weighted by Gasteiger charge is -2.10. The molecule has 96 valence electrons. The molecule has 0 bridgehead atoms. The quantitative estimate of drug-likeness (QED) is 0.817. The Labute approximate surface area is 114 Å². The van der Waals surface area contributed by atoms with Gasteiger partial charge in [-0.25, -0.2) is 0 Å². The Balaban J connectivity index is 1.84. The molecule has 1 unspecified atom stereocenters. The molecule has 0 aliphatic carbocycles. The Morgan fingerprint density at radius 1 is 1.22 bits per heavy atom. The summed E-state index contributed by atoms with van der Waals surface area (Å²) in [5.74, 6) is 0.520. The fourth-order valence-corrected chi connectivity index (χ4v) is 2.94. The summed E-state index contributed by atoms with van der Waals surface area (Å²) in [7, 11) is 0. The minimum atomic E-state index is -0.344. The summed E-state index contributed by atoms with van der Waals surface area (Å²) in [5, 5.41) is 0.522. The summed E-state index contributed by atoms with van der Waals surface area (Å²) < 4.78 is 0. The molecule has 1 aliphatic heterocycles. The van der Waals surface area contributed by atoms with Crippen LogP contribution in [0.2, 0.25) is 5.02 Å². The van der Waals surface area contributed by atoms with Gasteiger partial charge in [0.15, 0.2) is 0 Å². The Bertz CT molecular complexity index is 444. The standard InChI is InChI=1S/C12H13ClN2O2S/c13-9-5-3-8(4-6-9)11(16)14-15-12(17)10-2-1-7-18-10/h3-6,10H,1-2,7H2,(H,14,16)(H,15,17). The number of hydrogen-bond acceptors (Lipinski definition) is 3. The maximum atomic E-state index is 11.7. The monoisotopic (exact) mass is 284 g/mol. The first kappa shape index (κ1) is 13.2. The first-order valence-corrected chi connectivity index (χ1v) is 7.07. The predicted octanol–water partition coefficient (Wildman–Crippen LogP) is 2.00. The van der Waals surface area contributed by atoms with Crippen molar-refractivity contribution in [2.45, 2.75) is 18.1 Å². The highest BCUT2D eigenvalue weighted by Crippen LogP contribution is 2.25. The number of hydrogen-bond donors (Lipinski definition) is 2. The summed E-state index contributed by atoms with van der Waals surface area (Å²) in [6.45, 7) is 0. The largest absolute Gasteiger partial charge is 0.272 e. The molecule has 1 atom stereocenters. The van der Waals surface area contributed by atoms with Gasteiger partial charge in [-0.05, 0) is 42.9 Å². The van der Waals surface area contributed by atoms with Crippen LogP contribution in [0.1, 0.15) is 23.2 Å². The third-order valence-corrected chi connectivity index (χ3v) is 4.26. The number of halogens is 1. The lowest BCUT2D eigenvalue weighted by molar-refractivity contribution is -0.121. The number of amides is 2. The molecular weight excluding hydrogens is 272 g/mol. The van der Waals surface area contributed by atoms with Gasteiger partial charge in [-0.1, -0.05) is 11.6 Å². The van der Waals surface area contributed by atoms with E-state index in [9.17, 15) is 9.59 Å². The molecule has 4 nitrogen and oxygen atoms in total. The molecule has 1 aromatic carbocycles. The molecule has 1 saturated heterocycles. The van der Waals surface area contributed by atoms with E-state index in [2.05, 4.69) is 10.9 Å². The fraction of sp³-hybridized carbons (Fsp3) is 0.333. The Morgan fingerprint density at radius 3 is 2.56 bits per heavy atom. The van der Waals surface area contributed by atoms with E-state index in [1.807, 2.05) is 0 Å². The third kappa shape index (κ3) is 3.40. The molecule has 1 heterocycles. The number of carbonyl (C=O) groups is 2. The van der Waals surface area contributed by atoms with Crippen LogP contribution in [-0.4, -0.2) is 22.8 Å². The normalized spacial score (nSPS) is 18.4. The number of thioether (sulfide) groups is 1. The molecule has 2 rings (SSSR count). The van der Waals surface area contributed by atoms with Crippen LogP contribution in [0.3, 0.4) is 0 Å². The van der Waals surface area contributed by atoms with E-state index in [0.717, 1.165) is 18.6 Å². The third-order valence-electron chi connectivity index (χ3n) is 2.63. The van der Waals surface area contributed by atoms with E-state index in [0.29, 0.717) is 10.6 Å². The minimum Gasteiger partial charge on any atom is -0.272 e. The van der Waals surface area contributed by atoms with E-state index < -0.39 is 0 Å². The summed E-state index contributed by atoms with van der Waals surface area (Å²) in [6.07, 6.45) is 1.92. The zero-order chi connectivity index (χ0) is 13.0. The maximum absolute atomic E-state index is 11.7. The number of nitrogens with one attached hydrogen (secondary N) is 2. The van der Waals surface area contributed by atoms with E-state index in [1.165, 1.54) is 0 Å². The van der Waals surface area contributed by atoms with E-state index in [-0.39, 0.29) is 17.1 Å². The molecule has 6 heteroatoms. The van der Waals surface area contributed by atoms with E-state index in [4.69, 9.17) is 11.6 Å². The molecule has 1 aromatic rings. The molecule has 0 radical (unpaired) electrons. The van der Waals surface area contributed by atoms with E-state index >= 15 is 0 Å². The first-order valence-electron chi connectivity index (χ1n) is 5.64. The summed E-state index contributed by atoms with van der Waals surface area (Å²) in [4.78, 5) is 23.4. The topological polar surface area (TPSA) is 58.2 Å². The van der Waals surface area contributed by atoms with Gasteiger partial charge < -0.3 is 0 Å². The van der Waals surface area contributed by atoms with Crippen LogP contribution >= 0.6 is 23.4 Å². The second-order valence-corrected chi connectivity index (χ2v) is 5.70. The van der Waals surface area contributed by atoms with Crippen LogP contribution in [0.25, 0.3) is 0 Å². The second kappa shape index (κ2) is 6.11. The highest BCUT2D eigenvalue weighted by atomic mass is 35.5. The molecule has 0 saturated carbocycles. The number of benzene rings is 1. The van der Waals surface area contributed by atoms with Gasteiger partial charge in [0.05, 0.1) is 5.25 Å². The zero-order valence-corrected chi connectivity index (χ0v) is 11.2. The van der Waals surface area contributed by atoms with Crippen molar-refractivity contribution in [1.29, 1.82) is 0 Å². The van der Waals surface area contributed by atoms with Crippen molar-refractivity contribution < 1.29 is 9.59 Å². The van der Waals surface area contributed by atoms with Crippen molar-refractivity contribution in [1.82, 2.24) is 10.9 Å². The van der Waals surface area contributed by atoms with Crippen LogP contribution < -0.4 is 10.9 Å². The van der Waals surface area contributed by atoms with Gasteiger partial charge in [0.1, 0.15) is 0 Å². The van der Waals surface area contributed by atoms with E-state index in [1.54, 1.807) is 36.0 Å². The van der Waals surface area contributed by atoms with Crippen molar-refractivity contribution in [3.63, 3.8) is 0 Å². The molecule has 0 spiro atoms. The maximum Gasteiger partial charge on any atom is 0.269 e. The summed E-state index contributed by atoms with van der Waals surface area (Å²) in [6, 6.07) is 6.47. The highest BCUT2D eigenvalue weighted by molar-refractivity contribution is 8.00. The average molecular weight is 285 g/mol. The van der Waals surface area contributed by atoms with Crippen LogP contribution in [0.4, 0.5) is 0 Å². The van der Waals surface area contributed by atoms with Gasteiger partial charge in [-0.15, -0.1) is 11.8 Å². The van der Waals surface area contributed by atoms with Gasteiger partial charge in [0, 0.05) is 10.6 Å². The highest BCUT2D eigenvalue weighted by Gasteiger charge is 2.23. The van der Waals surface area contributed by atoms with Crippen LogP contribution in [0, 0.1) is 0 Å². The van der Waals surface area contributed by atoms with Crippen molar-refractivity contribution >= 4 is 35.2 Å². The van der Waals surface area contributed by atoms with Crippen molar-refractivity contribution in [2.75, 3.05) is 5.75 Å². The van der Waals surface area contributed by atoms with Crippen molar-refractivity contribution in [3.05, 3.63) is 34.9 Å². The summed E-state index contributed by atoms with van der Waals surface area (Å²) in [5.41, 5.74) is 5.30. The van der Waals surface area contributed by atoms with Crippen LogP contribution in [0.15, 0.2) is 24.3 Å². The lowest BCUT2D eigenvalue weighted by Crippen LogP contribution is -2.45. The first-order chi connectivity index (χ1) is 8.66. The smallest absolute Gasteiger partial charge is 0.269 e. The van der Waals surface area contributed by atoms with Gasteiger partial charge in [-0.2, -0.15) is 0 Å². The molecule has 2 N–H and O–H groups in total. The predicted molar refractivity (Wildman–Crippen MR) is 72.5 cm³/mol. The van der Waals surface area contributed by atoms with Crippen LogP contribution in [0.5, 0.6) is 0 Å². The van der Waals surface area contributed by atoms with Gasteiger partial charge in [0.25, 0.3) is 11.8 Å². The lowest BCUT2D eigenvalue weighted by atomic mass is 10.2. The van der Waals surface area contributed by atoms with Gasteiger partial charge in [-0.3, -0.25) is 20.4 Å².